The van der Waals surface area contributed by atoms with E-state index in [0.29, 0.717) is 11.6 Å². The van der Waals surface area contributed by atoms with E-state index < -0.39 is 0 Å². The minimum Gasteiger partial charge on any atom is -0.355 e. The summed E-state index contributed by atoms with van der Waals surface area (Å²) in [7, 11) is 0. The fraction of sp³-hybridized carbons (Fsp3) is 0.333. The normalized spacial score (nSPS) is 12.1. The largest absolute Gasteiger partial charge is 0.355 e. The number of rotatable bonds is 6. The Bertz CT molecular complexity index is 614. The third-order valence-electron chi connectivity index (χ3n) is 2.89. The van der Waals surface area contributed by atoms with Gasteiger partial charge in [0.25, 0.3) is 0 Å². The van der Waals surface area contributed by atoms with E-state index >= 15 is 0 Å². The number of thioether (sulfide) groups is 1. The van der Waals surface area contributed by atoms with E-state index in [2.05, 4.69) is 10.3 Å². The number of hydrogen-bond donors (Lipinski definition) is 1. The summed E-state index contributed by atoms with van der Waals surface area (Å²) in [5.74, 6) is 0.0301. The molecule has 1 amide bonds. The summed E-state index contributed by atoms with van der Waals surface area (Å²) in [6, 6.07) is 7.55. The minimum atomic E-state index is -0.197. The Labute approximate surface area is 133 Å². The fourth-order valence-electron chi connectivity index (χ4n) is 1.80. The van der Waals surface area contributed by atoms with Crippen molar-refractivity contribution < 1.29 is 4.79 Å². The number of carbonyl (C=O) groups is 1. The van der Waals surface area contributed by atoms with Crippen LogP contribution in [0.3, 0.4) is 0 Å². The zero-order chi connectivity index (χ0) is 15.2. The number of aromatic nitrogens is 2. The standard InChI is InChI=1S/C15H18ClN3OS/c1-3-7-17-14(20)11(2)21-15-18-8-9-19(15)13-6-4-5-12(16)10-13/h4-6,8-11H,3,7H2,1-2H3,(H,17,20). The van der Waals surface area contributed by atoms with Crippen molar-refractivity contribution in [1.82, 2.24) is 14.9 Å². The summed E-state index contributed by atoms with van der Waals surface area (Å²) in [5, 5.41) is 4.14. The Morgan fingerprint density at radius 2 is 2.33 bits per heavy atom. The monoisotopic (exact) mass is 323 g/mol. The van der Waals surface area contributed by atoms with Crippen molar-refractivity contribution >= 4 is 29.3 Å². The summed E-state index contributed by atoms with van der Waals surface area (Å²) in [4.78, 5) is 16.3. The maximum Gasteiger partial charge on any atom is 0.233 e. The van der Waals surface area contributed by atoms with Crippen molar-refractivity contribution in [3.63, 3.8) is 0 Å². The number of hydrogen-bond acceptors (Lipinski definition) is 3. The molecule has 2 rings (SSSR count). The lowest BCUT2D eigenvalue weighted by Crippen LogP contribution is -2.31. The molecule has 112 valence electrons. The van der Waals surface area contributed by atoms with E-state index in [-0.39, 0.29) is 11.2 Å². The molecule has 0 bridgehead atoms. The topological polar surface area (TPSA) is 46.9 Å². The van der Waals surface area contributed by atoms with Crippen LogP contribution < -0.4 is 5.32 Å². The Kier molecular flexibility index (Phi) is 5.70. The number of nitrogens with zero attached hydrogens (tertiary/aromatic N) is 2. The average Bonchev–Trinajstić information content (AvgIpc) is 2.92. The van der Waals surface area contributed by atoms with Crippen molar-refractivity contribution in [1.29, 1.82) is 0 Å². The molecule has 0 fully saturated rings. The molecule has 1 N–H and O–H groups in total. The van der Waals surface area contributed by atoms with Crippen LogP contribution >= 0.6 is 23.4 Å². The first kappa shape index (κ1) is 15.9. The number of halogens is 1. The SMILES string of the molecule is CCCNC(=O)C(C)Sc1nccn1-c1cccc(Cl)c1. The van der Waals surface area contributed by atoms with Crippen LogP contribution in [0.5, 0.6) is 0 Å². The zero-order valence-electron chi connectivity index (χ0n) is 12.0. The maximum atomic E-state index is 11.9. The molecule has 21 heavy (non-hydrogen) atoms. The highest BCUT2D eigenvalue weighted by Gasteiger charge is 2.17. The highest BCUT2D eigenvalue weighted by molar-refractivity contribution is 8.00. The molecule has 0 aliphatic carbocycles. The highest BCUT2D eigenvalue weighted by atomic mass is 35.5. The first-order valence-electron chi connectivity index (χ1n) is 6.85. The van der Waals surface area contributed by atoms with Gasteiger partial charge in [-0.2, -0.15) is 0 Å². The van der Waals surface area contributed by atoms with E-state index in [0.717, 1.165) is 17.3 Å². The second-order valence-corrected chi connectivity index (χ2v) is 6.36. The molecule has 0 aliphatic heterocycles. The molecule has 1 atom stereocenters. The van der Waals surface area contributed by atoms with Crippen molar-refractivity contribution in [3.8, 4) is 5.69 Å². The van der Waals surface area contributed by atoms with Gasteiger partial charge in [0.05, 0.1) is 5.25 Å². The predicted molar refractivity (Wildman–Crippen MR) is 87.2 cm³/mol. The van der Waals surface area contributed by atoms with Crippen LogP contribution in [0.25, 0.3) is 5.69 Å². The molecule has 4 nitrogen and oxygen atoms in total. The van der Waals surface area contributed by atoms with Gasteiger partial charge in [0.1, 0.15) is 0 Å². The van der Waals surface area contributed by atoms with E-state index in [1.54, 1.807) is 6.20 Å². The van der Waals surface area contributed by atoms with Crippen LogP contribution in [0.4, 0.5) is 0 Å². The molecule has 1 aromatic carbocycles. The molecule has 1 unspecified atom stereocenters. The Balaban J connectivity index is 2.12. The van der Waals surface area contributed by atoms with Crippen LogP contribution in [0, 0.1) is 0 Å². The number of benzene rings is 1. The number of imidazole rings is 1. The lowest BCUT2D eigenvalue weighted by atomic mass is 10.3. The first-order chi connectivity index (χ1) is 10.1. The Hall–Kier alpha value is -1.46. The van der Waals surface area contributed by atoms with Crippen LogP contribution in [0.2, 0.25) is 5.02 Å². The number of carbonyl (C=O) groups excluding carboxylic acids is 1. The van der Waals surface area contributed by atoms with E-state index in [4.69, 9.17) is 11.6 Å². The smallest absolute Gasteiger partial charge is 0.233 e. The van der Waals surface area contributed by atoms with Gasteiger partial charge in [-0.1, -0.05) is 36.4 Å². The summed E-state index contributed by atoms with van der Waals surface area (Å²) in [5.41, 5.74) is 0.934. The van der Waals surface area contributed by atoms with Gasteiger partial charge in [-0.05, 0) is 31.5 Å². The lowest BCUT2D eigenvalue weighted by molar-refractivity contribution is -0.120. The molecule has 1 aromatic heterocycles. The lowest BCUT2D eigenvalue weighted by Gasteiger charge is -2.12. The molecule has 0 saturated heterocycles. The van der Waals surface area contributed by atoms with Gasteiger partial charge in [0.15, 0.2) is 5.16 Å². The van der Waals surface area contributed by atoms with Crippen LogP contribution in [0.1, 0.15) is 20.3 Å². The van der Waals surface area contributed by atoms with Gasteiger partial charge >= 0.3 is 0 Å². The molecule has 0 aliphatic rings. The predicted octanol–water partition coefficient (Wildman–Crippen LogP) is 3.53. The molecule has 2 aromatic rings. The van der Waals surface area contributed by atoms with Gasteiger partial charge in [0, 0.05) is 29.6 Å². The molecular weight excluding hydrogens is 306 g/mol. The summed E-state index contributed by atoms with van der Waals surface area (Å²) in [6.45, 7) is 4.61. The van der Waals surface area contributed by atoms with Crippen LogP contribution in [-0.4, -0.2) is 27.3 Å². The second-order valence-electron chi connectivity index (χ2n) is 4.61. The van der Waals surface area contributed by atoms with Gasteiger partial charge in [-0.15, -0.1) is 0 Å². The summed E-state index contributed by atoms with van der Waals surface area (Å²) >= 11 is 7.46. The Morgan fingerprint density at radius 1 is 1.52 bits per heavy atom. The van der Waals surface area contributed by atoms with Crippen molar-refractivity contribution in [2.75, 3.05) is 6.54 Å². The van der Waals surface area contributed by atoms with Crippen molar-refractivity contribution in [3.05, 3.63) is 41.7 Å². The van der Waals surface area contributed by atoms with Gasteiger partial charge in [-0.25, -0.2) is 4.98 Å². The third kappa shape index (κ3) is 4.25. The highest BCUT2D eigenvalue weighted by Crippen LogP contribution is 2.25. The van der Waals surface area contributed by atoms with Crippen molar-refractivity contribution in [2.45, 2.75) is 30.7 Å². The molecule has 0 spiro atoms. The quantitative estimate of drug-likeness (QED) is 0.827. The Morgan fingerprint density at radius 3 is 3.05 bits per heavy atom. The number of nitrogens with one attached hydrogen (secondary N) is 1. The van der Waals surface area contributed by atoms with E-state index in [9.17, 15) is 4.79 Å². The molecular formula is C15H18ClN3OS. The zero-order valence-corrected chi connectivity index (χ0v) is 13.6. The summed E-state index contributed by atoms with van der Waals surface area (Å²) in [6.07, 6.45) is 4.52. The van der Waals surface area contributed by atoms with Crippen LogP contribution in [0.15, 0.2) is 41.8 Å². The molecule has 0 radical (unpaired) electrons. The van der Waals surface area contributed by atoms with Crippen LogP contribution in [-0.2, 0) is 4.79 Å². The van der Waals surface area contributed by atoms with E-state index in [1.165, 1.54) is 11.8 Å². The summed E-state index contributed by atoms with van der Waals surface area (Å²) < 4.78 is 1.93. The second kappa shape index (κ2) is 7.52. The fourth-order valence-corrected chi connectivity index (χ4v) is 2.90. The molecule has 6 heteroatoms. The van der Waals surface area contributed by atoms with Gasteiger partial charge in [0.2, 0.25) is 5.91 Å². The van der Waals surface area contributed by atoms with Gasteiger partial charge < -0.3 is 5.32 Å². The number of amides is 1. The third-order valence-corrected chi connectivity index (χ3v) is 4.21. The van der Waals surface area contributed by atoms with E-state index in [1.807, 2.05) is 48.9 Å². The van der Waals surface area contributed by atoms with Gasteiger partial charge in [-0.3, -0.25) is 9.36 Å². The maximum absolute atomic E-state index is 11.9. The first-order valence-corrected chi connectivity index (χ1v) is 8.11. The average molecular weight is 324 g/mol. The van der Waals surface area contributed by atoms with Crippen molar-refractivity contribution in [2.24, 2.45) is 0 Å². The molecule has 1 heterocycles. The minimum absolute atomic E-state index is 0.0301. The molecule has 0 saturated carbocycles.